The van der Waals surface area contributed by atoms with Gasteiger partial charge in [0, 0.05) is 34.9 Å². The zero-order valence-corrected chi connectivity index (χ0v) is 13.2. The molecule has 1 N–H and O–H groups in total. The molecule has 118 valence electrons. The molecule has 0 amide bonds. The first-order chi connectivity index (χ1) is 11.3. The van der Waals surface area contributed by atoms with E-state index >= 15 is 0 Å². The molecule has 0 bridgehead atoms. The van der Waals surface area contributed by atoms with Gasteiger partial charge in [0.1, 0.15) is 5.75 Å². The van der Waals surface area contributed by atoms with Gasteiger partial charge in [-0.25, -0.2) is 0 Å². The van der Waals surface area contributed by atoms with E-state index in [1.807, 2.05) is 30.2 Å². The Labute approximate surface area is 137 Å². The standard InChI is InChI=1S/C16H14N2OS.CH2O2/c1-2-12(3-1)19-16-13-6-7-17-8-11(13)4-5-14(16)15-9-18-10-20-15;2-1-3/h4-10,12H,1-3H2;1H,(H,2,3). The van der Waals surface area contributed by atoms with Gasteiger partial charge in [-0.1, -0.05) is 6.07 Å². The van der Waals surface area contributed by atoms with Crippen molar-refractivity contribution in [1.29, 1.82) is 0 Å². The fraction of sp³-hybridized carbons (Fsp3) is 0.235. The fourth-order valence-electron chi connectivity index (χ4n) is 2.47. The van der Waals surface area contributed by atoms with Crippen molar-refractivity contribution >= 4 is 28.6 Å². The van der Waals surface area contributed by atoms with Crippen molar-refractivity contribution in [1.82, 2.24) is 9.97 Å². The Morgan fingerprint density at radius 1 is 1.22 bits per heavy atom. The first kappa shape index (κ1) is 15.4. The predicted molar refractivity (Wildman–Crippen MR) is 89.8 cm³/mol. The van der Waals surface area contributed by atoms with Gasteiger partial charge < -0.3 is 9.84 Å². The summed E-state index contributed by atoms with van der Waals surface area (Å²) >= 11 is 1.64. The molecule has 1 aromatic carbocycles. The Hall–Kier alpha value is -2.47. The Kier molecular flexibility index (Phi) is 4.83. The van der Waals surface area contributed by atoms with Crippen molar-refractivity contribution in [3.8, 4) is 16.2 Å². The molecule has 1 fully saturated rings. The minimum atomic E-state index is -0.250. The van der Waals surface area contributed by atoms with E-state index in [0.717, 1.165) is 39.8 Å². The lowest BCUT2D eigenvalue weighted by molar-refractivity contribution is -0.122. The summed E-state index contributed by atoms with van der Waals surface area (Å²) in [6.07, 6.45) is 9.56. The normalized spacial score (nSPS) is 13.7. The number of ether oxygens (including phenoxy) is 1. The van der Waals surface area contributed by atoms with Crippen molar-refractivity contribution < 1.29 is 14.6 Å². The number of aromatic nitrogens is 2. The smallest absolute Gasteiger partial charge is 0.290 e. The van der Waals surface area contributed by atoms with Crippen molar-refractivity contribution in [2.24, 2.45) is 0 Å². The molecular weight excluding hydrogens is 312 g/mol. The summed E-state index contributed by atoms with van der Waals surface area (Å²) in [5.74, 6) is 0.985. The molecule has 0 saturated heterocycles. The maximum Gasteiger partial charge on any atom is 0.290 e. The van der Waals surface area contributed by atoms with Crippen LogP contribution >= 0.6 is 11.3 Å². The Morgan fingerprint density at radius 3 is 2.70 bits per heavy atom. The van der Waals surface area contributed by atoms with Gasteiger partial charge in [0.15, 0.2) is 0 Å². The number of carbonyl (C=O) groups is 1. The molecule has 1 aliphatic rings. The van der Waals surface area contributed by atoms with Gasteiger partial charge in [0.2, 0.25) is 0 Å². The van der Waals surface area contributed by atoms with Crippen LogP contribution in [-0.2, 0) is 4.79 Å². The monoisotopic (exact) mass is 328 g/mol. The van der Waals surface area contributed by atoms with Gasteiger partial charge >= 0.3 is 0 Å². The minimum absolute atomic E-state index is 0.250. The first-order valence-electron chi connectivity index (χ1n) is 7.33. The molecule has 0 spiro atoms. The predicted octanol–water partition coefficient (Wildman–Crippen LogP) is 3.99. The molecule has 0 radical (unpaired) electrons. The van der Waals surface area contributed by atoms with Gasteiger partial charge in [-0.05, 0) is 31.4 Å². The third-order valence-corrected chi connectivity index (χ3v) is 4.61. The molecule has 2 heterocycles. The zero-order valence-electron chi connectivity index (χ0n) is 12.4. The highest BCUT2D eigenvalue weighted by Crippen LogP contribution is 2.40. The number of fused-ring (bicyclic) bond motifs is 1. The topological polar surface area (TPSA) is 72.3 Å². The van der Waals surface area contributed by atoms with Crippen LogP contribution in [0.5, 0.6) is 5.75 Å². The zero-order chi connectivity index (χ0) is 16.1. The van der Waals surface area contributed by atoms with Crippen LogP contribution in [0.4, 0.5) is 0 Å². The Balaban J connectivity index is 0.000000485. The first-order valence-corrected chi connectivity index (χ1v) is 8.21. The average Bonchev–Trinajstić information content (AvgIpc) is 3.05. The molecular formula is C17H16N2O3S. The van der Waals surface area contributed by atoms with Gasteiger partial charge in [-0.3, -0.25) is 14.8 Å². The maximum absolute atomic E-state index is 8.36. The Morgan fingerprint density at radius 2 is 2.04 bits per heavy atom. The molecule has 0 atom stereocenters. The number of carboxylic acid groups (broad SMARTS) is 1. The molecule has 1 aliphatic carbocycles. The van der Waals surface area contributed by atoms with Crippen LogP contribution in [0.15, 0.2) is 42.3 Å². The van der Waals surface area contributed by atoms with Crippen LogP contribution < -0.4 is 4.74 Å². The average molecular weight is 328 g/mol. The van der Waals surface area contributed by atoms with Crippen LogP contribution in [0.25, 0.3) is 21.2 Å². The molecule has 2 aromatic heterocycles. The Bertz CT molecular complexity index is 786. The van der Waals surface area contributed by atoms with E-state index in [-0.39, 0.29) is 6.47 Å². The van der Waals surface area contributed by atoms with Crippen LogP contribution in [-0.4, -0.2) is 27.7 Å². The van der Waals surface area contributed by atoms with E-state index in [4.69, 9.17) is 14.6 Å². The fourth-order valence-corrected chi connectivity index (χ4v) is 3.11. The van der Waals surface area contributed by atoms with Crippen molar-refractivity contribution in [3.63, 3.8) is 0 Å². The third-order valence-electron chi connectivity index (χ3n) is 3.81. The number of rotatable bonds is 3. The van der Waals surface area contributed by atoms with Crippen LogP contribution in [0.1, 0.15) is 19.3 Å². The number of hydrogen-bond acceptors (Lipinski definition) is 5. The SMILES string of the molecule is O=CO.c1cc2c(OC3CCC3)c(-c3cncs3)ccc2cn1. The van der Waals surface area contributed by atoms with Gasteiger partial charge in [-0.15, -0.1) is 11.3 Å². The van der Waals surface area contributed by atoms with Crippen LogP contribution in [0.2, 0.25) is 0 Å². The summed E-state index contributed by atoms with van der Waals surface area (Å²) in [7, 11) is 0. The van der Waals surface area contributed by atoms with E-state index in [1.54, 1.807) is 11.3 Å². The van der Waals surface area contributed by atoms with Gasteiger partial charge in [0.05, 0.1) is 16.5 Å². The second kappa shape index (κ2) is 7.19. The molecule has 6 heteroatoms. The van der Waals surface area contributed by atoms with E-state index in [0.29, 0.717) is 6.10 Å². The van der Waals surface area contributed by atoms with E-state index in [1.165, 1.54) is 6.42 Å². The van der Waals surface area contributed by atoms with Crippen molar-refractivity contribution in [2.45, 2.75) is 25.4 Å². The molecule has 3 aromatic rings. The van der Waals surface area contributed by atoms with E-state index in [2.05, 4.69) is 22.1 Å². The summed E-state index contributed by atoms with van der Waals surface area (Å²) in [6, 6.07) is 6.25. The number of pyridine rings is 1. The summed E-state index contributed by atoms with van der Waals surface area (Å²) in [5, 5.41) is 9.15. The number of hydrogen-bond donors (Lipinski definition) is 1. The minimum Gasteiger partial charge on any atom is -0.489 e. The lowest BCUT2D eigenvalue weighted by Gasteiger charge is -2.28. The lowest BCUT2D eigenvalue weighted by Crippen LogP contribution is -2.24. The molecule has 23 heavy (non-hydrogen) atoms. The van der Waals surface area contributed by atoms with Crippen LogP contribution in [0.3, 0.4) is 0 Å². The summed E-state index contributed by atoms with van der Waals surface area (Å²) in [4.78, 5) is 17.9. The van der Waals surface area contributed by atoms with Gasteiger partial charge in [0.25, 0.3) is 6.47 Å². The molecule has 5 nitrogen and oxygen atoms in total. The highest BCUT2D eigenvalue weighted by atomic mass is 32.1. The number of nitrogens with zero attached hydrogens (tertiary/aromatic N) is 2. The summed E-state index contributed by atoms with van der Waals surface area (Å²) < 4.78 is 6.27. The van der Waals surface area contributed by atoms with Crippen molar-refractivity contribution in [2.75, 3.05) is 0 Å². The van der Waals surface area contributed by atoms with E-state index in [9.17, 15) is 0 Å². The lowest BCUT2D eigenvalue weighted by atomic mass is 9.95. The van der Waals surface area contributed by atoms with E-state index < -0.39 is 0 Å². The largest absolute Gasteiger partial charge is 0.489 e. The second-order valence-corrected chi connectivity index (χ2v) is 6.07. The van der Waals surface area contributed by atoms with Crippen molar-refractivity contribution in [3.05, 3.63) is 42.3 Å². The molecule has 0 aliphatic heterocycles. The second-order valence-electron chi connectivity index (χ2n) is 5.18. The highest BCUT2D eigenvalue weighted by molar-refractivity contribution is 7.13. The molecule has 1 saturated carbocycles. The quantitative estimate of drug-likeness (QED) is 0.736. The highest BCUT2D eigenvalue weighted by Gasteiger charge is 2.22. The van der Waals surface area contributed by atoms with Crippen LogP contribution in [0, 0.1) is 0 Å². The maximum atomic E-state index is 8.36. The number of thiazole rings is 1. The molecule has 0 unspecified atom stereocenters. The van der Waals surface area contributed by atoms with Gasteiger partial charge in [-0.2, -0.15) is 0 Å². The molecule has 4 rings (SSSR count). The number of benzene rings is 1. The summed E-state index contributed by atoms with van der Waals surface area (Å²) in [5.41, 5.74) is 3.00. The summed E-state index contributed by atoms with van der Waals surface area (Å²) in [6.45, 7) is -0.250. The third kappa shape index (κ3) is 3.32.